The van der Waals surface area contributed by atoms with E-state index in [1.807, 2.05) is 24.3 Å². The first-order valence-corrected chi connectivity index (χ1v) is 11.2. The first-order valence-electron chi connectivity index (χ1n) is 4.22. The molecule has 0 amide bonds. The van der Waals surface area contributed by atoms with Gasteiger partial charge in [-0.1, -0.05) is 6.92 Å². The van der Waals surface area contributed by atoms with E-state index in [1.165, 1.54) is 16.3 Å². The minimum absolute atomic E-state index is 0.303. The Morgan fingerprint density at radius 3 is 2.46 bits per heavy atom. The average Bonchev–Trinajstić information content (AvgIpc) is 2.22. The van der Waals surface area contributed by atoms with Gasteiger partial charge in [-0.3, -0.25) is 0 Å². The van der Waals surface area contributed by atoms with E-state index in [0.29, 0.717) is 6.10 Å². The Labute approximate surface area is 96.9 Å². The fourth-order valence-electron chi connectivity index (χ4n) is 0.766. The van der Waals surface area contributed by atoms with E-state index < -0.39 is 0 Å². The molecular formula is C10H13BrOZn. The summed E-state index contributed by atoms with van der Waals surface area (Å²) >= 11 is 4.25. The third-order valence-electron chi connectivity index (χ3n) is 1.60. The van der Waals surface area contributed by atoms with E-state index in [9.17, 15) is 0 Å². The Kier molecular flexibility index (Phi) is 8.79. The van der Waals surface area contributed by atoms with Gasteiger partial charge in [0.05, 0.1) is 6.10 Å². The molecular weight excluding hydrogens is 281 g/mol. The number of hydrogen-bond donors (Lipinski definition) is 0. The van der Waals surface area contributed by atoms with Gasteiger partial charge in [-0.15, -0.1) is 12.1 Å². The third-order valence-corrected chi connectivity index (χ3v) is 1.60. The van der Waals surface area contributed by atoms with Gasteiger partial charge < -0.3 is 4.74 Å². The van der Waals surface area contributed by atoms with Crippen molar-refractivity contribution in [1.82, 2.24) is 0 Å². The van der Waals surface area contributed by atoms with Crippen molar-refractivity contribution >= 4 is 13.6 Å². The van der Waals surface area contributed by atoms with Gasteiger partial charge >= 0.3 is 30.0 Å². The quantitative estimate of drug-likeness (QED) is 0.612. The van der Waals surface area contributed by atoms with Gasteiger partial charge in [0, 0.05) is 5.75 Å². The summed E-state index contributed by atoms with van der Waals surface area (Å²) < 4.78 is 5.54. The molecule has 0 fully saturated rings. The molecule has 1 rings (SSSR count). The summed E-state index contributed by atoms with van der Waals surface area (Å²) in [5.41, 5.74) is 0. The van der Waals surface area contributed by atoms with Crippen LogP contribution in [0.1, 0.15) is 20.3 Å². The van der Waals surface area contributed by atoms with E-state index in [0.717, 1.165) is 12.2 Å². The molecule has 0 radical (unpaired) electrons. The first kappa shape index (κ1) is 13.1. The zero-order valence-corrected chi connectivity index (χ0v) is 12.6. The van der Waals surface area contributed by atoms with Gasteiger partial charge in [-0.2, -0.15) is 18.2 Å². The van der Waals surface area contributed by atoms with Crippen LogP contribution in [0.25, 0.3) is 0 Å². The molecule has 0 aromatic heterocycles. The van der Waals surface area contributed by atoms with Gasteiger partial charge in [-0.05, 0) is 13.3 Å². The van der Waals surface area contributed by atoms with Gasteiger partial charge in [0.25, 0.3) is 0 Å². The van der Waals surface area contributed by atoms with Crippen LogP contribution in [0.15, 0.2) is 24.3 Å². The van der Waals surface area contributed by atoms with Crippen molar-refractivity contribution < 1.29 is 21.1 Å². The molecule has 0 aliphatic heterocycles. The summed E-state index contributed by atoms with van der Waals surface area (Å²) in [5, 5.41) is 0. The Morgan fingerprint density at radius 1 is 1.46 bits per heavy atom. The summed E-state index contributed by atoms with van der Waals surface area (Å²) in [5.74, 6) is 0.929. The Balaban J connectivity index is 0.000000671. The van der Waals surface area contributed by atoms with E-state index in [4.69, 9.17) is 4.74 Å². The maximum absolute atomic E-state index is 5.54. The van der Waals surface area contributed by atoms with Gasteiger partial charge in [0.1, 0.15) is 0 Å². The molecule has 0 N–H and O–H groups in total. The molecule has 1 aromatic rings. The zero-order valence-electron chi connectivity index (χ0n) is 8.09. The second-order valence-corrected chi connectivity index (χ2v) is 2.57. The number of ether oxygens (including phenoxy) is 1. The second kappa shape index (κ2) is 8.71. The summed E-state index contributed by atoms with van der Waals surface area (Å²) in [6.45, 7) is 4.18. The molecule has 0 aliphatic carbocycles. The van der Waals surface area contributed by atoms with Gasteiger partial charge in [0.2, 0.25) is 0 Å². The van der Waals surface area contributed by atoms with Crippen LogP contribution in [0.3, 0.4) is 0 Å². The second-order valence-electron chi connectivity index (χ2n) is 2.57. The number of hydrogen-bond acceptors (Lipinski definition) is 1. The molecule has 0 saturated heterocycles. The van der Waals surface area contributed by atoms with E-state index in [1.54, 1.807) is 0 Å². The van der Waals surface area contributed by atoms with Crippen molar-refractivity contribution in [2.75, 3.05) is 0 Å². The van der Waals surface area contributed by atoms with Crippen molar-refractivity contribution in [3.63, 3.8) is 0 Å². The zero-order chi connectivity index (χ0) is 10.1. The monoisotopic (exact) mass is 292 g/mol. The van der Waals surface area contributed by atoms with E-state index >= 15 is 0 Å². The third kappa shape index (κ3) is 6.23. The van der Waals surface area contributed by atoms with Crippen molar-refractivity contribution in [3.8, 4) is 5.75 Å². The van der Waals surface area contributed by atoms with Crippen LogP contribution in [0.4, 0.5) is 0 Å². The Bertz CT molecular complexity index is 203. The fraction of sp³-hybridized carbons (Fsp3) is 0.400. The van der Waals surface area contributed by atoms with Crippen LogP contribution < -0.4 is 4.74 Å². The fourth-order valence-corrected chi connectivity index (χ4v) is 0.766. The number of halogens is 1. The number of rotatable bonds is 3. The molecule has 0 heterocycles. The molecule has 1 aromatic carbocycles. The summed E-state index contributed by atoms with van der Waals surface area (Å²) in [6, 6.07) is 10.5. The minimum atomic E-state index is 0.303. The molecule has 68 valence electrons. The normalized spacial score (nSPS) is 11.2. The molecule has 1 unspecified atom stereocenters. The van der Waals surface area contributed by atoms with Crippen molar-refractivity contribution in [2.24, 2.45) is 0 Å². The Morgan fingerprint density at radius 2 is 2.00 bits per heavy atom. The molecule has 0 aliphatic rings. The number of benzene rings is 1. The van der Waals surface area contributed by atoms with E-state index in [2.05, 4.69) is 33.5 Å². The van der Waals surface area contributed by atoms with Crippen LogP contribution in [0.2, 0.25) is 0 Å². The first-order chi connectivity index (χ1) is 6.33. The van der Waals surface area contributed by atoms with Gasteiger partial charge in [0.15, 0.2) is 0 Å². The SMILES string of the molecule is CCC(C)Oc1cc[c-]cc1.[Zn+][Br]. The van der Waals surface area contributed by atoms with Crippen LogP contribution in [-0.2, 0) is 16.3 Å². The van der Waals surface area contributed by atoms with Crippen LogP contribution in [-0.4, -0.2) is 6.10 Å². The topological polar surface area (TPSA) is 9.23 Å². The molecule has 0 spiro atoms. The summed E-state index contributed by atoms with van der Waals surface area (Å²) in [7, 11) is 0. The molecule has 13 heavy (non-hydrogen) atoms. The maximum atomic E-state index is 5.54. The molecule has 3 heteroatoms. The van der Waals surface area contributed by atoms with Crippen molar-refractivity contribution in [2.45, 2.75) is 26.4 Å². The molecule has 0 bridgehead atoms. The van der Waals surface area contributed by atoms with Gasteiger partial charge in [-0.25, -0.2) is 0 Å². The van der Waals surface area contributed by atoms with Crippen molar-refractivity contribution in [1.29, 1.82) is 0 Å². The van der Waals surface area contributed by atoms with Crippen LogP contribution >= 0.6 is 13.6 Å². The average molecular weight is 295 g/mol. The predicted molar refractivity (Wildman–Crippen MR) is 54.6 cm³/mol. The van der Waals surface area contributed by atoms with Crippen LogP contribution in [0.5, 0.6) is 5.75 Å². The molecule has 1 atom stereocenters. The van der Waals surface area contributed by atoms with Crippen molar-refractivity contribution in [3.05, 3.63) is 30.3 Å². The molecule has 0 saturated carbocycles. The summed E-state index contributed by atoms with van der Waals surface area (Å²) in [4.78, 5) is 0. The Hall–Kier alpha value is 0.123. The standard InChI is InChI=1S/C10H13O.BrH.Zn/c1-3-9(2)11-10-7-5-4-6-8-10;;/h5-9H,3H2,1-2H3;1H;/q-1;;+2/p-1. The van der Waals surface area contributed by atoms with Crippen LogP contribution in [0, 0.1) is 6.07 Å². The van der Waals surface area contributed by atoms with E-state index in [-0.39, 0.29) is 0 Å². The summed E-state index contributed by atoms with van der Waals surface area (Å²) in [6.07, 6.45) is 1.34. The predicted octanol–water partition coefficient (Wildman–Crippen LogP) is 3.51. The molecule has 1 nitrogen and oxygen atoms in total.